The lowest BCUT2D eigenvalue weighted by molar-refractivity contribution is 0.0685. The predicted molar refractivity (Wildman–Crippen MR) is 73.0 cm³/mol. The monoisotopic (exact) mass is 292 g/mol. The van der Waals surface area contributed by atoms with Crippen molar-refractivity contribution in [3.8, 4) is 0 Å². The van der Waals surface area contributed by atoms with E-state index in [-0.39, 0.29) is 0 Å². The molecule has 2 aliphatic heterocycles. The molecule has 0 aromatic rings. The topological polar surface area (TPSA) is 79.1 Å². The van der Waals surface area contributed by atoms with Gasteiger partial charge in [0.25, 0.3) is 10.2 Å². The molecule has 0 aliphatic carbocycles. The minimum Gasteiger partial charge on any atom is -0.379 e. The van der Waals surface area contributed by atoms with Gasteiger partial charge in [-0.3, -0.25) is 0 Å². The molecule has 2 heterocycles. The molecule has 2 fully saturated rings. The van der Waals surface area contributed by atoms with Crippen LogP contribution < -0.4 is 5.73 Å². The van der Waals surface area contributed by atoms with Gasteiger partial charge < -0.3 is 15.4 Å². The molecule has 19 heavy (non-hydrogen) atoms. The van der Waals surface area contributed by atoms with Crippen LogP contribution in [0.3, 0.4) is 0 Å². The Labute approximate surface area is 115 Å². The van der Waals surface area contributed by atoms with Crippen molar-refractivity contribution in [1.29, 1.82) is 0 Å². The lowest BCUT2D eigenvalue weighted by atomic mass is 10.3. The van der Waals surface area contributed by atoms with Gasteiger partial charge in [0.2, 0.25) is 0 Å². The quantitative estimate of drug-likeness (QED) is 0.669. The van der Waals surface area contributed by atoms with Crippen molar-refractivity contribution < 1.29 is 13.2 Å². The second kappa shape index (κ2) is 6.96. The van der Waals surface area contributed by atoms with Gasteiger partial charge in [0.15, 0.2) is 0 Å². The smallest absolute Gasteiger partial charge is 0.282 e. The van der Waals surface area contributed by atoms with Gasteiger partial charge in [-0.1, -0.05) is 0 Å². The molecular weight excluding hydrogens is 268 g/mol. The van der Waals surface area contributed by atoms with Crippen molar-refractivity contribution in [1.82, 2.24) is 13.5 Å². The van der Waals surface area contributed by atoms with Crippen LogP contribution in [0.4, 0.5) is 0 Å². The van der Waals surface area contributed by atoms with Crippen LogP contribution in [0.1, 0.15) is 6.42 Å². The summed E-state index contributed by atoms with van der Waals surface area (Å²) in [5, 5.41) is 0. The highest BCUT2D eigenvalue weighted by Gasteiger charge is 2.32. The van der Waals surface area contributed by atoms with Gasteiger partial charge in [0, 0.05) is 39.3 Å². The molecule has 0 spiro atoms. The van der Waals surface area contributed by atoms with Crippen LogP contribution in [-0.2, 0) is 14.9 Å². The molecular formula is C11H24N4O3S. The minimum absolute atomic E-state index is 0.468. The number of morpholine rings is 1. The Kier molecular flexibility index (Phi) is 5.55. The summed E-state index contributed by atoms with van der Waals surface area (Å²) >= 11 is 0. The van der Waals surface area contributed by atoms with Crippen LogP contribution in [0.15, 0.2) is 0 Å². The van der Waals surface area contributed by atoms with Crippen molar-refractivity contribution in [3.05, 3.63) is 0 Å². The Morgan fingerprint density at radius 1 is 0.947 bits per heavy atom. The van der Waals surface area contributed by atoms with E-state index in [4.69, 9.17) is 10.5 Å². The molecule has 0 aromatic heterocycles. The fraction of sp³-hybridized carbons (Fsp3) is 1.00. The highest BCUT2D eigenvalue weighted by atomic mass is 32.2. The number of nitrogens with zero attached hydrogens (tertiary/aromatic N) is 3. The summed E-state index contributed by atoms with van der Waals surface area (Å²) in [4.78, 5) is 2.28. The Morgan fingerprint density at radius 2 is 1.53 bits per heavy atom. The fourth-order valence-corrected chi connectivity index (χ4v) is 4.00. The van der Waals surface area contributed by atoms with Crippen molar-refractivity contribution in [2.75, 3.05) is 65.6 Å². The molecule has 0 amide bonds. The molecule has 2 aliphatic rings. The van der Waals surface area contributed by atoms with Gasteiger partial charge in [0.1, 0.15) is 0 Å². The third-order valence-electron chi connectivity index (χ3n) is 3.63. The third kappa shape index (κ3) is 3.87. The van der Waals surface area contributed by atoms with Crippen LogP contribution in [0, 0.1) is 0 Å². The van der Waals surface area contributed by atoms with E-state index in [9.17, 15) is 8.42 Å². The SMILES string of the molecule is NCCCN1CCN(S(=O)(=O)N2CCOCC2)CC1. The van der Waals surface area contributed by atoms with Crippen LogP contribution >= 0.6 is 0 Å². The summed E-state index contributed by atoms with van der Waals surface area (Å²) in [5.74, 6) is 0. The summed E-state index contributed by atoms with van der Waals surface area (Å²) in [6.07, 6.45) is 0.968. The van der Waals surface area contributed by atoms with Gasteiger partial charge in [-0.25, -0.2) is 0 Å². The summed E-state index contributed by atoms with van der Waals surface area (Å²) < 4.78 is 33.2. The van der Waals surface area contributed by atoms with Gasteiger partial charge in [-0.15, -0.1) is 0 Å². The first-order chi connectivity index (χ1) is 9.14. The number of piperazine rings is 1. The molecule has 0 bridgehead atoms. The van der Waals surface area contributed by atoms with Crippen molar-refractivity contribution in [2.45, 2.75) is 6.42 Å². The van der Waals surface area contributed by atoms with E-state index < -0.39 is 10.2 Å². The van der Waals surface area contributed by atoms with Gasteiger partial charge in [-0.2, -0.15) is 17.0 Å². The molecule has 0 radical (unpaired) electrons. The molecule has 2 N–H and O–H groups in total. The first kappa shape index (κ1) is 15.1. The average Bonchev–Trinajstić information content (AvgIpc) is 2.46. The molecule has 2 rings (SSSR count). The largest absolute Gasteiger partial charge is 0.379 e. The lowest BCUT2D eigenvalue weighted by Crippen LogP contribution is -2.55. The van der Waals surface area contributed by atoms with Crippen LogP contribution in [0.2, 0.25) is 0 Å². The number of ether oxygens (including phenoxy) is 1. The maximum absolute atomic E-state index is 12.4. The van der Waals surface area contributed by atoms with Crippen molar-refractivity contribution >= 4 is 10.2 Å². The molecule has 0 unspecified atom stereocenters. The van der Waals surface area contributed by atoms with E-state index in [0.29, 0.717) is 45.9 Å². The molecule has 2 saturated heterocycles. The Balaban J connectivity index is 1.85. The average molecular weight is 292 g/mol. The molecule has 112 valence electrons. The summed E-state index contributed by atoms with van der Waals surface area (Å²) in [5.41, 5.74) is 5.49. The molecule has 0 atom stereocenters. The molecule has 7 nitrogen and oxygen atoms in total. The van der Waals surface area contributed by atoms with E-state index in [0.717, 1.165) is 26.1 Å². The highest BCUT2D eigenvalue weighted by Crippen LogP contribution is 2.13. The highest BCUT2D eigenvalue weighted by molar-refractivity contribution is 7.86. The first-order valence-electron chi connectivity index (χ1n) is 6.90. The van der Waals surface area contributed by atoms with Gasteiger partial charge >= 0.3 is 0 Å². The summed E-state index contributed by atoms with van der Waals surface area (Å²) in [6, 6.07) is 0. The fourth-order valence-electron chi connectivity index (χ4n) is 2.44. The zero-order valence-electron chi connectivity index (χ0n) is 11.3. The lowest BCUT2D eigenvalue weighted by Gasteiger charge is -2.37. The molecule has 0 aromatic carbocycles. The van der Waals surface area contributed by atoms with Crippen LogP contribution in [-0.4, -0.2) is 87.5 Å². The van der Waals surface area contributed by atoms with E-state index in [1.807, 2.05) is 0 Å². The van der Waals surface area contributed by atoms with Gasteiger partial charge in [-0.05, 0) is 19.5 Å². The number of rotatable bonds is 5. The van der Waals surface area contributed by atoms with E-state index >= 15 is 0 Å². The third-order valence-corrected chi connectivity index (χ3v) is 5.67. The standard InChI is InChI=1S/C11H24N4O3S/c12-2-1-3-13-4-6-14(7-5-13)19(16,17)15-8-10-18-11-9-15/h1-12H2. The zero-order chi connectivity index (χ0) is 13.7. The van der Waals surface area contributed by atoms with Crippen LogP contribution in [0.5, 0.6) is 0 Å². The van der Waals surface area contributed by atoms with E-state index in [1.165, 1.54) is 4.31 Å². The second-order valence-corrected chi connectivity index (χ2v) is 6.83. The maximum Gasteiger partial charge on any atom is 0.282 e. The van der Waals surface area contributed by atoms with E-state index in [1.54, 1.807) is 4.31 Å². The number of hydrogen-bond acceptors (Lipinski definition) is 5. The minimum atomic E-state index is -3.29. The van der Waals surface area contributed by atoms with Crippen molar-refractivity contribution in [2.24, 2.45) is 5.73 Å². The Hall–Kier alpha value is -0.250. The molecule has 0 saturated carbocycles. The zero-order valence-corrected chi connectivity index (χ0v) is 12.1. The molecule has 8 heteroatoms. The van der Waals surface area contributed by atoms with Gasteiger partial charge in [0.05, 0.1) is 13.2 Å². The second-order valence-electron chi connectivity index (χ2n) is 4.90. The Bertz CT molecular complexity index is 362. The normalized spacial score (nSPS) is 24.7. The van der Waals surface area contributed by atoms with Crippen LogP contribution in [0.25, 0.3) is 0 Å². The van der Waals surface area contributed by atoms with E-state index in [2.05, 4.69) is 4.90 Å². The maximum atomic E-state index is 12.4. The summed E-state index contributed by atoms with van der Waals surface area (Å²) in [6.45, 7) is 6.31. The summed E-state index contributed by atoms with van der Waals surface area (Å²) in [7, 11) is -3.29. The number of hydrogen-bond donors (Lipinski definition) is 1. The Morgan fingerprint density at radius 3 is 2.11 bits per heavy atom. The van der Waals surface area contributed by atoms with Crippen molar-refractivity contribution in [3.63, 3.8) is 0 Å². The first-order valence-corrected chi connectivity index (χ1v) is 8.29. The number of nitrogens with two attached hydrogens (primary N) is 1. The predicted octanol–water partition coefficient (Wildman–Crippen LogP) is -1.47.